The van der Waals surface area contributed by atoms with Crippen LogP contribution in [0.4, 0.5) is 0 Å². The van der Waals surface area contributed by atoms with Crippen molar-refractivity contribution in [1.82, 2.24) is 14.6 Å². The summed E-state index contributed by atoms with van der Waals surface area (Å²) in [6, 6.07) is 13.7. The largest absolute Gasteiger partial charge is 0.497 e. The molecule has 0 N–H and O–H groups in total. The molecule has 0 aliphatic rings. The standard InChI is InChI=1S/C24H21N3O3S/c1-13-5-7-19-16(10-22(28)30-23(19)15(13)3)12-31-24-26-25-21-9-14(2)18-8-6-17(29-4)11-20(18)27(21)24/h5-11H,12H2,1-4H3. The van der Waals surface area contributed by atoms with Gasteiger partial charge in [-0.15, -0.1) is 10.2 Å². The number of hydrogen-bond donors (Lipinski definition) is 0. The Morgan fingerprint density at radius 1 is 1.00 bits per heavy atom. The second kappa shape index (κ2) is 7.42. The molecule has 3 heterocycles. The summed E-state index contributed by atoms with van der Waals surface area (Å²) >= 11 is 1.55. The third-order valence-corrected chi connectivity index (χ3v) is 6.73. The molecule has 0 aliphatic carbocycles. The van der Waals surface area contributed by atoms with Crippen LogP contribution in [0.5, 0.6) is 5.75 Å². The highest BCUT2D eigenvalue weighted by Gasteiger charge is 2.15. The van der Waals surface area contributed by atoms with E-state index in [0.717, 1.165) is 55.1 Å². The van der Waals surface area contributed by atoms with Gasteiger partial charge in [0, 0.05) is 28.7 Å². The molecule has 0 amide bonds. The summed E-state index contributed by atoms with van der Waals surface area (Å²) < 4.78 is 13.0. The van der Waals surface area contributed by atoms with E-state index in [1.807, 2.05) is 42.5 Å². The number of ether oxygens (including phenoxy) is 1. The summed E-state index contributed by atoms with van der Waals surface area (Å²) in [5, 5.41) is 11.6. The Kier molecular flexibility index (Phi) is 4.70. The second-order valence-corrected chi connectivity index (χ2v) is 8.59. The third-order valence-electron chi connectivity index (χ3n) is 5.75. The highest BCUT2D eigenvalue weighted by atomic mass is 32.2. The van der Waals surface area contributed by atoms with E-state index in [-0.39, 0.29) is 5.63 Å². The normalized spacial score (nSPS) is 11.6. The minimum atomic E-state index is -0.339. The monoisotopic (exact) mass is 431 g/mol. The van der Waals surface area contributed by atoms with E-state index in [1.54, 1.807) is 24.9 Å². The number of nitrogens with zero attached hydrogens (tertiary/aromatic N) is 3. The van der Waals surface area contributed by atoms with Crippen molar-refractivity contribution in [2.24, 2.45) is 0 Å². The number of thioether (sulfide) groups is 1. The fourth-order valence-electron chi connectivity index (χ4n) is 3.91. The van der Waals surface area contributed by atoms with Gasteiger partial charge in [-0.05, 0) is 61.2 Å². The van der Waals surface area contributed by atoms with Crippen LogP contribution in [0, 0.1) is 20.8 Å². The first kappa shape index (κ1) is 19.6. The van der Waals surface area contributed by atoms with E-state index < -0.39 is 0 Å². The second-order valence-electron chi connectivity index (χ2n) is 7.65. The van der Waals surface area contributed by atoms with Gasteiger partial charge in [0.2, 0.25) is 0 Å². The number of aryl methyl sites for hydroxylation is 3. The van der Waals surface area contributed by atoms with Crippen LogP contribution in [0.2, 0.25) is 0 Å². The first-order valence-electron chi connectivity index (χ1n) is 9.94. The summed E-state index contributed by atoms with van der Waals surface area (Å²) in [5.41, 5.74) is 6.23. The summed E-state index contributed by atoms with van der Waals surface area (Å²) in [4.78, 5) is 12.2. The maximum Gasteiger partial charge on any atom is 0.336 e. The number of rotatable bonds is 4. The van der Waals surface area contributed by atoms with Crippen molar-refractivity contribution in [2.75, 3.05) is 7.11 Å². The quantitative estimate of drug-likeness (QED) is 0.287. The van der Waals surface area contributed by atoms with Gasteiger partial charge in [0.1, 0.15) is 11.3 Å². The van der Waals surface area contributed by atoms with Crippen molar-refractivity contribution in [1.29, 1.82) is 0 Å². The van der Waals surface area contributed by atoms with Gasteiger partial charge in [0.15, 0.2) is 10.8 Å². The molecule has 0 bridgehead atoms. The van der Waals surface area contributed by atoms with Crippen LogP contribution < -0.4 is 10.4 Å². The number of aromatic nitrogens is 3. The first-order valence-corrected chi connectivity index (χ1v) is 10.9. The molecule has 2 aromatic carbocycles. The first-order chi connectivity index (χ1) is 15.0. The van der Waals surface area contributed by atoms with E-state index in [1.165, 1.54) is 0 Å². The molecule has 5 aromatic rings. The average molecular weight is 432 g/mol. The molecular weight excluding hydrogens is 410 g/mol. The van der Waals surface area contributed by atoms with Crippen molar-refractivity contribution in [3.05, 3.63) is 75.1 Å². The van der Waals surface area contributed by atoms with Gasteiger partial charge in [0.05, 0.1) is 12.6 Å². The molecule has 0 fully saturated rings. The Bertz CT molecular complexity index is 1540. The van der Waals surface area contributed by atoms with Crippen molar-refractivity contribution in [2.45, 2.75) is 31.7 Å². The summed E-state index contributed by atoms with van der Waals surface area (Å²) in [7, 11) is 1.66. The molecular formula is C24H21N3O3S. The van der Waals surface area contributed by atoms with Crippen LogP contribution in [0.1, 0.15) is 22.3 Å². The van der Waals surface area contributed by atoms with E-state index in [9.17, 15) is 4.79 Å². The van der Waals surface area contributed by atoms with Crippen LogP contribution in [-0.2, 0) is 5.75 Å². The zero-order chi connectivity index (χ0) is 21.7. The number of pyridine rings is 1. The van der Waals surface area contributed by atoms with E-state index in [4.69, 9.17) is 9.15 Å². The van der Waals surface area contributed by atoms with Crippen LogP contribution in [-0.4, -0.2) is 21.7 Å². The summed E-state index contributed by atoms with van der Waals surface area (Å²) in [6.07, 6.45) is 0. The molecule has 156 valence electrons. The molecule has 0 saturated heterocycles. The van der Waals surface area contributed by atoms with Crippen molar-refractivity contribution >= 4 is 39.3 Å². The maximum absolute atomic E-state index is 12.2. The summed E-state index contributed by atoms with van der Waals surface area (Å²) in [6.45, 7) is 6.06. The van der Waals surface area contributed by atoms with Crippen LogP contribution in [0.3, 0.4) is 0 Å². The van der Waals surface area contributed by atoms with Gasteiger partial charge < -0.3 is 9.15 Å². The lowest BCUT2D eigenvalue weighted by Crippen LogP contribution is -2.02. The van der Waals surface area contributed by atoms with Gasteiger partial charge in [-0.2, -0.15) is 0 Å². The maximum atomic E-state index is 12.2. The van der Waals surface area contributed by atoms with Gasteiger partial charge in [0.25, 0.3) is 0 Å². The lowest BCUT2D eigenvalue weighted by molar-refractivity contribution is 0.415. The third kappa shape index (κ3) is 3.25. The van der Waals surface area contributed by atoms with E-state index in [0.29, 0.717) is 11.3 Å². The van der Waals surface area contributed by atoms with Gasteiger partial charge in [-0.25, -0.2) is 4.79 Å². The molecule has 5 rings (SSSR count). The van der Waals surface area contributed by atoms with E-state index in [2.05, 4.69) is 29.3 Å². The smallest absolute Gasteiger partial charge is 0.336 e. The number of benzene rings is 2. The fourth-order valence-corrected chi connectivity index (χ4v) is 4.85. The highest BCUT2D eigenvalue weighted by molar-refractivity contribution is 7.98. The fraction of sp³-hybridized carbons (Fsp3) is 0.208. The van der Waals surface area contributed by atoms with E-state index >= 15 is 0 Å². The predicted octanol–water partition coefficient (Wildman–Crippen LogP) is 5.22. The predicted molar refractivity (Wildman–Crippen MR) is 123 cm³/mol. The Balaban J connectivity index is 1.62. The number of methoxy groups -OCH3 is 1. The van der Waals surface area contributed by atoms with Crippen molar-refractivity contribution < 1.29 is 9.15 Å². The molecule has 6 nitrogen and oxygen atoms in total. The average Bonchev–Trinajstić information content (AvgIpc) is 3.17. The van der Waals surface area contributed by atoms with Crippen molar-refractivity contribution in [3.63, 3.8) is 0 Å². The molecule has 0 unspecified atom stereocenters. The topological polar surface area (TPSA) is 69.6 Å². The molecule has 0 saturated carbocycles. The zero-order valence-corrected chi connectivity index (χ0v) is 18.5. The minimum absolute atomic E-state index is 0.339. The molecule has 0 atom stereocenters. The van der Waals surface area contributed by atoms with Gasteiger partial charge in [-0.3, -0.25) is 4.40 Å². The van der Waals surface area contributed by atoms with Crippen LogP contribution >= 0.6 is 11.8 Å². The molecule has 31 heavy (non-hydrogen) atoms. The molecule has 7 heteroatoms. The van der Waals surface area contributed by atoms with Crippen LogP contribution in [0.15, 0.2) is 56.8 Å². The Morgan fingerprint density at radius 3 is 2.61 bits per heavy atom. The Morgan fingerprint density at radius 2 is 1.81 bits per heavy atom. The van der Waals surface area contributed by atoms with Crippen molar-refractivity contribution in [3.8, 4) is 5.75 Å². The molecule has 0 aliphatic heterocycles. The molecule has 0 spiro atoms. The zero-order valence-electron chi connectivity index (χ0n) is 17.7. The lowest BCUT2D eigenvalue weighted by atomic mass is 10.0. The lowest BCUT2D eigenvalue weighted by Gasteiger charge is -2.10. The van der Waals surface area contributed by atoms with Gasteiger partial charge in [-0.1, -0.05) is 23.9 Å². The number of hydrogen-bond acceptors (Lipinski definition) is 6. The van der Waals surface area contributed by atoms with Crippen LogP contribution in [0.25, 0.3) is 27.5 Å². The minimum Gasteiger partial charge on any atom is -0.497 e. The Labute approximate surface area is 182 Å². The Hall–Kier alpha value is -3.32. The SMILES string of the molecule is COc1ccc2c(C)cc3nnc(SCc4cc(=O)oc5c(C)c(C)ccc45)n3c2c1. The highest BCUT2D eigenvalue weighted by Crippen LogP contribution is 2.31. The van der Waals surface area contributed by atoms with Gasteiger partial charge >= 0.3 is 5.63 Å². The summed E-state index contributed by atoms with van der Waals surface area (Å²) in [5.74, 6) is 1.35. The molecule has 3 aromatic heterocycles. The number of fused-ring (bicyclic) bond motifs is 4. The molecule has 0 radical (unpaired) electrons.